The van der Waals surface area contributed by atoms with E-state index in [1.165, 1.54) is 0 Å². The molecule has 0 radical (unpaired) electrons. The monoisotopic (exact) mass is 418 g/mol. The summed E-state index contributed by atoms with van der Waals surface area (Å²) in [6, 6.07) is 5.60. The zero-order valence-electron chi connectivity index (χ0n) is 14.1. The fraction of sp³-hybridized carbons (Fsp3) is 0.588. The van der Waals surface area contributed by atoms with Crippen molar-refractivity contribution in [2.75, 3.05) is 39.5 Å². The van der Waals surface area contributed by atoms with Crippen molar-refractivity contribution in [1.82, 2.24) is 10.2 Å². The third kappa shape index (κ3) is 5.92. The van der Waals surface area contributed by atoms with Crippen molar-refractivity contribution in [3.63, 3.8) is 0 Å². The summed E-state index contributed by atoms with van der Waals surface area (Å²) in [5.41, 5.74) is 0. The summed E-state index contributed by atoms with van der Waals surface area (Å²) < 4.78 is 11.8. The predicted octanol–water partition coefficient (Wildman–Crippen LogP) is 2.95. The van der Waals surface area contributed by atoms with Crippen LogP contribution in [0.25, 0.3) is 0 Å². The van der Waals surface area contributed by atoms with E-state index in [1.54, 1.807) is 12.1 Å². The van der Waals surface area contributed by atoms with E-state index in [0.717, 1.165) is 30.8 Å². The van der Waals surface area contributed by atoms with Gasteiger partial charge in [-0.3, -0.25) is 9.69 Å². The van der Waals surface area contributed by atoms with E-state index < -0.39 is 0 Å². The number of halogens is 2. The van der Waals surface area contributed by atoms with Crippen LogP contribution in [-0.4, -0.2) is 56.3 Å². The summed E-state index contributed by atoms with van der Waals surface area (Å²) in [6.07, 6.45) is 0. The Bertz CT molecular complexity index is 551. The fourth-order valence-electron chi connectivity index (χ4n) is 2.70. The number of rotatable bonds is 7. The van der Waals surface area contributed by atoms with Crippen molar-refractivity contribution in [3.05, 3.63) is 27.7 Å². The SMILES string of the molecule is CC(C)C(CNC(=O)COc1ccc(Br)cc1Cl)N1CCOCC1. The normalized spacial score (nSPS) is 16.9. The van der Waals surface area contributed by atoms with Crippen LogP contribution in [-0.2, 0) is 9.53 Å². The van der Waals surface area contributed by atoms with Crippen LogP contribution >= 0.6 is 27.5 Å². The van der Waals surface area contributed by atoms with Crippen molar-refractivity contribution < 1.29 is 14.3 Å². The highest BCUT2D eigenvalue weighted by Crippen LogP contribution is 2.27. The smallest absolute Gasteiger partial charge is 0.257 e. The highest BCUT2D eigenvalue weighted by Gasteiger charge is 2.24. The zero-order chi connectivity index (χ0) is 17.5. The van der Waals surface area contributed by atoms with E-state index in [9.17, 15) is 4.79 Å². The van der Waals surface area contributed by atoms with E-state index in [4.69, 9.17) is 21.1 Å². The van der Waals surface area contributed by atoms with Crippen LogP contribution < -0.4 is 10.1 Å². The summed E-state index contributed by atoms with van der Waals surface area (Å²) in [4.78, 5) is 14.4. The summed E-state index contributed by atoms with van der Waals surface area (Å²) in [7, 11) is 0. The first-order chi connectivity index (χ1) is 11.5. The second-order valence-corrected chi connectivity index (χ2v) is 7.45. The van der Waals surface area contributed by atoms with Crippen LogP contribution in [0.2, 0.25) is 5.02 Å². The number of carbonyl (C=O) groups excluding carboxylic acids is 1. The van der Waals surface area contributed by atoms with Gasteiger partial charge in [0.15, 0.2) is 6.61 Å². The lowest BCUT2D eigenvalue weighted by Gasteiger charge is -2.36. The van der Waals surface area contributed by atoms with Gasteiger partial charge < -0.3 is 14.8 Å². The maximum Gasteiger partial charge on any atom is 0.257 e. The highest BCUT2D eigenvalue weighted by molar-refractivity contribution is 9.10. The van der Waals surface area contributed by atoms with E-state index in [-0.39, 0.29) is 12.5 Å². The molecule has 24 heavy (non-hydrogen) atoms. The number of nitrogens with zero attached hydrogens (tertiary/aromatic N) is 1. The molecule has 5 nitrogen and oxygen atoms in total. The lowest BCUT2D eigenvalue weighted by atomic mass is 10.0. The average molecular weight is 420 g/mol. The van der Waals surface area contributed by atoms with Crippen LogP contribution in [0.4, 0.5) is 0 Å². The Morgan fingerprint density at radius 3 is 2.75 bits per heavy atom. The molecule has 134 valence electrons. The van der Waals surface area contributed by atoms with Gasteiger partial charge >= 0.3 is 0 Å². The Balaban J connectivity index is 1.80. The number of carbonyl (C=O) groups is 1. The molecule has 1 unspecified atom stereocenters. The third-order valence-electron chi connectivity index (χ3n) is 4.05. The number of benzene rings is 1. The summed E-state index contributed by atoms with van der Waals surface area (Å²) >= 11 is 9.41. The maximum absolute atomic E-state index is 12.1. The lowest BCUT2D eigenvalue weighted by Crippen LogP contribution is -2.51. The average Bonchev–Trinajstić information content (AvgIpc) is 2.55. The molecule has 1 atom stereocenters. The molecule has 1 aromatic carbocycles. The zero-order valence-corrected chi connectivity index (χ0v) is 16.4. The first-order valence-electron chi connectivity index (χ1n) is 8.13. The summed E-state index contributed by atoms with van der Waals surface area (Å²) in [5.74, 6) is 0.807. The molecule has 0 aliphatic carbocycles. The molecule has 0 saturated carbocycles. The van der Waals surface area contributed by atoms with Gasteiger partial charge in [0, 0.05) is 30.1 Å². The molecular weight excluding hydrogens is 396 g/mol. The number of morpholine rings is 1. The van der Waals surface area contributed by atoms with Gasteiger partial charge in [0.25, 0.3) is 5.91 Å². The molecule has 1 aliphatic heterocycles. The van der Waals surface area contributed by atoms with Gasteiger partial charge in [-0.05, 0) is 24.1 Å². The number of nitrogens with one attached hydrogen (secondary N) is 1. The molecule has 1 N–H and O–H groups in total. The minimum Gasteiger partial charge on any atom is -0.482 e. The number of ether oxygens (including phenoxy) is 2. The van der Waals surface area contributed by atoms with E-state index in [2.05, 4.69) is 40.0 Å². The first kappa shape index (κ1) is 19.5. The predicted molar refractivity (Wildman–Crippen MR) is 98.7 cm³/mol. The second-order valence-electron chi connectivity index (χ2n) is 6.13. The Morgan fingerprint density at radius 1 is 1.42 bits per heavy atom. The third-order valence-corrected chi connectivity index (χ3v) is 4.83. The first-order valence-corrected chi connectivity index (χ1v) is 9.31. The number of hydrogen-bond donors (Lipinski definition) is 1. The molecule has 1 aromatic rings. The van der Waals surface area contributed by atoms with Crippen molar-refractivity contribution in [2.24, 2.45) is 5.92 Å². The van der Waals surface area contributed by atoms with Crippen molar-refractivity contribution in [1.29, 1.82) is 0 Å². The number of amides is 1. The molecule has 1 amide bonds. The molecule has 1 heterocycles. The standard InChI is InChI=1S/C17H24BrClN2O3/c1-12(2)15(21-5-7-23-8-6-21)10-20-17(22)11-24-16-4-3-13(18)9-14(16)19/h3-4,9,12,15H,5-8,10-11H2,1-2H3,(H,20,22). The Hall–Kier alpha value is -0.820. The molecule has 1 aliphatic rings. The van der Waals surface area contributed by atoms with E-state index in [0.29, 0.717) is 29.3 Å². The van der Waals surface area contributed by atoms with Gasteiger partial charge in [0.1, 0.15) is 5.75 Å². The molecule has 2 rings (SSSR count). The lowest BCUT2D eigenvalue weighted by molar-refractivity contribution is -0.123. The van der Waals surface area contributed by atoms with Gasteiger partial charge in [-0.15, -0.1) is 0 Å². The molecule has 1 saturated heterocycles. The molecular formula is C17H24BrClN2O3. The molecule has 1 fully saturated rings. The topological polar surface area (TPSA) is 50.8 Å². The van der Waals surface area contributed by atoms with Gasteiger partial charge in [-0.1, -0.05) is 41.4 Å². The molecule has 0 spiro atoms. The van der Waals surface area contributed by atoms with E-state index >= 15 is 0 Å². The van der Waals surface area contributed by atoms with Gasteiger partial charge in [0.05, 0.1) is 18.2 Å². The van der Waals surface area contributed by atoms with Crippen molar-refractivity contribution in [2.45, 2.75) is 19.9 Å². The highest BCUT2D eigenvalue weighted by atomic mass is 79.9. The fourth-order valence-corrected chi connectivity index (χ4v) is 3.43. The Labute approximate surface area is 156 Å². The van der Waals surface area contributed by atoms with E-state index in [1.807, 2.05) is 6.07 Å². The maximum atomic E-state index is 12.1. The van der Waals surface area contributed by atoms with Crippen LogP contribution in [0.5, 0.6) is 5.75 Å². The van der Waals surface area contributed by atoms with Gasteiger partial charge in [0.2, 0.25) is 0 Å². The van der Waals surface area contributed by atoms with Gasteiger partial charge in [-0.2, -0.15) is 0 Å². The van der Waals surface area contributed by atoms with Crippen LogP contribution in [0.1, 0.15) is 13.8 Å². The summed E-state index contributed by atoms with van der Waals surface area (Å²) in [5, 5.41) is 3.44. The quantitative estimate of drug-likeness (QED) is 0.738. The van der Waals surface area contributed by atoms with Crippen LogP contribution in [0.3, 0.4) is 0 Å². The minimum absolute atomic E-state index is 0.0464. The molecule has 7 heteroatoms. The molecule has 0 aromatic heterocycles. The van der Waals surface area contributed by atoms with Crippen molar-refractivity contribution in [3.8, 4) is 5.75 Å². The largest absolute Gasteiger partial charge is 0.482 e. The van der Waals surface area contributed by atoms with Crippen LogP contribution in [0.15, 0.2) is 22.7 Å². The number of hydrogen-bond acceptors (Lipinski definition) is 4. The van der Waals surface area contributed by atoms with Gasteiger partial charge in [-0.25, -0.2) is 0 Å². The Kier molecular flexibility index (Phi) is 7.81. The molecule has 0 bridgehead atoms. The van der Waals surface area contributed by atoms with Crippen LogP contribution in [0, 0.1) is 5.92 Å². The van der Waals surface area contributed by atoms with Crippen molar-refractivity contribution >= 4 is 33.4 Å². The Morgan fingerprint density at radius 2 is 2.12 bits per heavy atom. The second kappa shape index (κ2) is 9.61. The minimum atomic E-state index is -0.145. The summed E-state index contributed by atoms with van der Waals surface area (Å²) in [6.45, 7) is 8.22.